The summed E-state index contributed by atoms with van der Waals surface area (Å²) >= 11 is 12.3. The van der Waals surface area contributed by atoms with E-state index in [1.807, 2.05) is 30.3 Å². The lowest BCUT2D eigenvalue weighted by Crippen LogP contribution is -2.58. The quantitative estimate of drug-likeness (QED) is 0.670. The van der Waals surface area contributed by atoms with Crippen molar-refractivity contribution < 1.29 is 9.90 Å². The second-order valence-electron chi connectivity index (χ2n) is 7.55. The van der Waals surface area contributed by atoms with Gasteiger partial charge in [-0.25, -0.2) is 9.97 Å². The third kappa shape index (κ3) is 2.73. The Labute approximate surface area is 171 Å². The minimum atomic E-state index is -0.676. The molecule has 0 radical (unpaired) electrons. The number of fused-ring (bicyclic) bond motifs is 3. The van der Waals surface area contributed by atoms with Crippen molar-refractivity contribution in [3.05, 3.63) is 52.8 Å². The normalized spacial score (nSPS) is 23.5. The van der Waals surface area contributed by atoms with E-state index in [1.54, 1.807) is 12.4 Å². The first-order valence-corrected chi connectivity index (χ1v) is 9.95. The van der Waals surface area contributed by atoms with E-state index in [1.165, 1.54) is 0 Å². The van der Waals surface area contributed by atoms with Crippen LogP contribution in [0, 0.1) is 17.8 Å². The fraction of sp³-hybridized carbons (Fsp3) is 0.286. The first kappa shape index (κ1) is 17.7. The van der Waals surface area contributed by atoms with E-state index in [0.29, 0.717) is 23.1 Å². The molecule has 2 aromatic carbocycles. The summed E-state index contributed by atoms with van der Waals surface area (Å²) in [6.07, 6.45) is 2.56. The number of benzene rings is 2. The molecule has 0 spiro atoms. The van der Waals surface area contributed by atoms with Crippen LogP contribution >= 0.6 is 23.2 Å². The van der Waals surface area contributed by atoms with E-state index in [2.05, 4.69) is 14.9 Å². The molecule has 1 aliphatic carbocycles. The zero-order valence-corrected chi connectivity index (χ0v) is 16.4. The van der Waals surface area contributed by atoms with Gasteiger partial charge in [0, 0.05) is 13.1 Å². The number of piperidine rings is 2. The average molecular weight is 414 g/mol. The molecule has 3 aromatic rings. The SMILES string of the molecule is O=C(O)C1C2CC1CN(c1ncnc3cccc(-c4ccc(Cl)c(Cl)c4)c13)C2. The van der Waals surface area contributed by atoms with Crippen LogP contribution in [0.15, 0.2) is 42.7 Å². The first-order chi connectivity index (χ1) is 13.5. The molecule has 1 aromatic heterocycles. The predicted molar refractivity (Wildman–Crippen MR) is 110 cm³/mol. The number of aliphatic carboxylic acids is 1. The Morgan fingerprint density at radius 1 is 1.07 bits per heavy atom. The van der Waals surface area contributed by atoms with Crippen molar-refractivity contribution in [2.45, 2.75) is 6.42 Å². The van der Waals surface area contributed by atoms with Gasteiger partial charge in [0.2, 0.25) is 0 Å². The molecule has 2 bridgehead atoms. The number of carboxylic acids is 1. The first-order valence-electron chi connectivity index (χ1n) is 9.20. The van der Waals surface area contributed by atoms with Crippen molar-refractivity contribution in [1.29, 1.82) is 0 Å². The summed E-state index contributed by atoms with van der Waals surface area (Å²) in [6, 6.07) is 11.5. The highest BCUT2D eigenvalue weighted by molar-refractivity contribution is 6.42. The molecule has 2 saturated heterocycles. The lowest BCUT2D eigenvalue weighted by atomic mass is 9.61. The minimum absolute atomic E-state index is 0.179. The van der Waals surface area contributed by atoms with Gasteiger partial charge in [-0.3, -0.25) is 4.79 Å². The van der Waals surface area contributed by atoms with Crippen LogP contribution in [0.3, 0.4) is 0 Å². The maximum atomic E-state index is 11.5. The van der Waals surface area contributed by atoms with Crippen LogP contribution in [0.5, 0.6) is 0 Å². The molecule has 2 atom stereocenters. The van der Waals surface area contributed by atoms with Gasteiger partial charge in [-0.1, -0.05) is 41.4 Å². The fourth-order valence-electron chi connectivity index (χ4n) is 4.70. The number of hydrogen-bond acceptors (Lipinski definition) is 4. The summed E-state index contributed by atoms with van der Waals surface area (Å²) < 4.78 is 0. The molecular weight excluding hydrogens is 397 g/mol. The molecule has 3 aliphatic rings. The maximum absolute atomic E-state index is 11.5. The molecule has 6 rings (SSSR count). The zero-order chi connectivity index (χ0) is 19.4. The molecule has 5 nitrogen and oxygen atoms in total. The molecule has 1 saturated carbocycles. The average Bonchev–Trinajstić information content (AvgIpc) is 2.68. The van der Waals surface area contributed by atoms with Crippen LogP contribution in [-0.4, -0.2) is 34.1 Å². The summed E-state index contributed by atoms with van der Waals surface area (Å²) in [5, 5.41) is 11.4. The molecule has 0 amide bonds. The molecule has 3 heterocycles. The Hall–Kier alpha value is -2.37. The van der Waals surface area contributed by atoms with Gasteiger partial charge in [0.05, 0.1) is 26.9 Å². The van der Waals surface area contributed by atoms with Gasteiger partial charge < -0.3 is 10.0 Å². The van der Waals surface area contributed by atoms with Crippen LogP contribution in [-0.2, 0) is 4.79 Å². The second kappa shape index (κ2) is 6.61. The molecule has 2 unspecified atom stereocenters. The zero-order valence-electron chi connectivity index (χ0n) is 14.8. The standard InChI is InChI=1S/C21H17Cl2N3O2/c22-15-5-4-11(7-16(15)23)14-2-1-3-17-19(14)20(25-10-24-17)26-8-12-6-13(9-26)18(12)21(27)28/h1-5,7,10,12-13,18H,6,8-9H2,(H,27,28). The Morgan fingerprint density at radius 3 is 2.57 bits per heavy atom. The van der Waals surface area contributed by atoms with E-state index >= 15 is 0 Å². The number of nitrogens with zero attached hydrogens (tertiary/aromatic N) is 3. The molecule has 2 aliphatic heterocycles. The largest absolute Gasteiger partial charge is 0.481 e. The summed E-state index contributed by atoms with van der Waals surface area (Å²) in [5.74, 6) is 0.311. The third-order valence-corrected chi connectivity index (χ3v) is 6.73. The van der Waals surface area contributed by atoms with Crippen molar-refractivity contribution in [3.63, 3.8) is 0 Å². The van der Waals surface area contributed by atoms with Gasteiger partial charge in [0.25, 0.3) is 0 Å². The summed E-state index contributed by atoms with van der Waals surface area (Å²) in [4.78, 5) is 22.7. The number of anilines is 1. The summed E-state index contributed by atoms with van der Waals surface area (Å²) in [7, 11) is 0. The topological polar surface area (TPSA) is 66.3 Å². The lowest BCUT2D eigenvalue weighted by Gasteiger charge is -2.52. The van der Waals surface area contributed by atoms with E-state index in [0.717, 1.165) is 34.3 Å². The number of halogens is 2. The second-order valence-corrected chi connectivity index (χ2v) is 8.37. The highest BCUT2D eigenvalue weighted by Crippen LogP contribution is 2.47. The predicted octanol–water partition coefficient (Wildman–Crippen LogP) is 4.76. The highest BCUT2D eigenvalue weighted by atomic mass is 35.5. The van der Waals surface area contributed by atoms with Crippen molar-refractivity contribution in [2.24, 2.45) is 17.8 Å². The summed E-state index contributed by atoms with van der Waals surface area (Å²) in [5.41, 5.74) is 2.78. The Morgan fingerprint density at radius 2 is 1.86 bits per heavy atom. The Kier molecular flexibility index (Phi) is 4.18. The van der Waals surface area contributed by atoms with Crippen LogP contribution in [0.25, 0.3) is 22.0 Å². The van der Waals surface area contributed by atoms with Crippen LogP contribution in [0.1, 0.15) is 6.42 Å². The fourth-order valence-corrected chi connectivity index (χ4v) is 5.00. The number of aromatic nitrogens is 2. The van der Waals surface area contributed by atoms with Crippen LogP contribution in [0.4, 0.5) is 5.82 Å². The molecule has 7 heteroatoms. The minimum Gasteiger partial charge on any atom is -0.481 e. The third-order valence-electron chi connectivity index (χ3n) is 5.99. The van der Waals surface area contributed by atoms with E-state index in [9.17, 15) is 9.90 Å². The van der Waals surface area contributed by atoms with Gasteiger partial charge in [-0.2, -0.15) is 0 Å². The van der Waals surface area contributed by atoms with Gasteiger partial charge >= 0.3 is 5.97 Å². The van der Waals surface area contributed by atoms with E-state index < -0.39 is 5.97 Å². The highest BCUT2D eigenvalue weighted by Gasteiger charge is 2.51. The van der Waals surface area contributed by atoms with Gasteiger partial charge in [0.1, 0.15) is 12.1 Å². The number of carboxylic acid groups (broad SMARTS) is 1. The molecule has 1 N–H and O–H groups in total. The molecular formula is C21H17Cl2N3O2. The number of carbonyl (C=O) groups is 1. The van der Waals surface area contributed by atoms with Gasteiger partial charge in [-0.05, 0) is 47.6 Å². The van der Waals surface area contributed by atoms with Crippen LogP contribution in [0.2, 0.25) is 10.0 Å². The smallest absolute Gasteiger partial charge is 0.307 e. The van der Waals surface area contributed by atoms with Crippen molar-refractivity contribution in [1.82, 2.24) is 9.97 Å². The maximum Gasteiger partial charge on any atom is 0.307 e. The number of hydrogen-bond donors (Lipinski definition) is 1. The van der Waals surface area contributed by atoms with E-state index in [-0.39, 0.29) is 17.8 Å². The van der Waals surface area contributed by atoms with E-state index in [4.69, 9.17) is 23.2 Å². The van der Waals surface area contributed by atoms with Gasteiger partial charge in [-0.15, -0.1) is 0 Å². The summed E-state index contributed by atoms with van der Waals surface area (Å²) in [6.45, 7) is 1.41. The van der Waals surface area contributed by atoms with Crippen molar-refractivity contribution in [2.75, 3.05) is 18.0 Å². The molecule has 142 valence electrons. The van der Waals surface area contributed by atoms with Gasteiger partial charge in [0.15, 0.2) is 0 Å². The Balaban J connectivity index is 1.61. The van der Waals surface area contributed by atoms with Crippen molar-refractivity contribution in [3.8, 4) is 11.1 Å². The lowest BCUT2D eigenvalue weighted by molar-refractivity contribution is -0.153. The monoisotopic (exact) mass is 413 g/mol. The van der Waals surface area contributed by atoms with Crippen LogP contribution < -0.4 is 4.90 Å². The molecule has 3 fully saturated rings. The molecule has 28 heavy (non-hydrogen) atoms. The number of rotatable bonds is 3. The van der Waals surface area contributed by atoms with Crippen molar-refractivity contribution >= 4 is 45.9 Å². The Bertz CT molecular complexity index is 1090.